The third-order valence-electron chi connectivity index (χ3n) is 2.91. The normalized spacial score (nSPS) is 29.0. The number of hydrogen-bond acceptors (Lipinski definition) is 3. The van der Waals surface area contributed by atoms with Gasteiger partial charge < -0.3 is 10.5 Å². The van der Waals surface area contributed by atoms with Crippen LogP contribution in [0.1, 0.15) is 45.4 Å². The lowest BCUT2D eigenvalue weighted by Gasteiger charge is -2.24. The SMILES string of the molecule is CCOC(=O)[C@@H]1CCCCCC[C@H]1N. The van der Waals surface area contributed by atoms with Crippen molar-refractivity contribution in [2.45, 2.75) is 51.5 Å². The average Bonchev–Trinajstić information content (AvgIpc) is 2.12. The Labute approximate surface area is 86.0 Å². The highest BCUT2D eigenvalue weighted by Gasteiger charge is 2.27. The molecule has 0 radical (unpaired) electrons. The molecule has 82 valence electrons. The molecular formula is C11H21NO2. The minimum Gasteiger partial charge on any atom is -0.466 e. The summed E-state index contributed by atoms with van der Waals surface area (Å²) in [5.74, 6) is -0.155. The fourth-order valence-corrected chi connectivity index (χ4v) is 2.06. The summed E-state index contributed by atoms with van der Waals surface area (Å²) in [5.41, 5.74) is 5.98. The Bertz CT molecular complexity index is 182. The summed E-state index contributed by atoms with van der Waals surface area (Å²) < 4.78 is 5.03. The molecule has 1 aliphatic carbocycles. The van der Waals surface area contributed by atoms with Gasteiger partial charge in [-0.15, -0.1) is 0 Å². The zero-order chi connectivity index (χ0) is 10.4. The first kappa shape index (κ1) is 11.5. The first-order valence-corrected chi connectivity index (χ1v) is 5.68. The molecule has 3 nitrogen and oxygen atoms in total. The van der Waals surface area contributed by atoms with Crippen molar-refractivity contribution >= 4 is 5.97 Å². The van der Waals surface area contributed by atoms with E-state index in [9.17, 15) is 4.79 Å². The summed E-state index contributed by atoms with van der Waals surface area (Å²) in [7, 11) is 0. The van der Waals surface area contributed by atoms with Crippen LogP contribution in [0.25, 0.3) is 0 Å². The van der Waals surface area contributed by atoms with Crippen molar-refractivity contribution in [3.63, 3.8) is 0 Å². The molecule has 3 heteroatoms. The highest BCUT2D eigenvalue weighted by Crippen LogP contribution is 2.22. The number of esters is 1. The monoisotopic (exact) mass is 199 g/mol. The van der Waals surface area contributed by atoms with Crippen LogP contribution >= 0.6 is 0 Å². The second kappa shape index (κ2) is 6.02. The Balaban J connectivity index is 2.48. The van der Waals surface area contributed by atoms with Crippen molar-refractivity contribution in [3.05, 3.63) is 0 Å². The quantitative estimate of drug-likeness (QED) is 0.690. The van der Waals surface area contributed by atoms with Gasteiger partial charge in [0.2, 0.25) is 0 Å². The summed E-state index contributed by atoms with van der Waals surface area (Å²) >= 11 is 0. The first-order chi connectivity index (χ1) is 6.75. The van der Waals surface area contributed by atoms with Crippen LogP contribution in [0.2, 0.25) is 0 Å². The van der Waals surface area contributed by atoms with Crippen LogP contribution in [-0.2, 0) is 9.53 Å². The van der Waals surface area contributed by atoms with Gasteiger partial charge in [0.05, 0.1) is 12.5 Å². The zero-order valence-electron chi connectivity index (χ0n) is 9.00. The molecule has 1 fully saturated rings. The Morgan fingerprint density at radius 2 is 1.93 bits per heavy atom. The van der Waals surface area contributed by atoms with E-state index in [1.54, 1.807) is 0 Å². The van der Waals surface area contributed by atoms with Crippen LogP contribution in [-0.4, -0.2) is 18.6 Å². The molecule has 1 rings (SSSR count). The second-order valence-electron chi connectivity index (χ2n) is 4.01. The smallest absolute Gasteiger partial charge is 0.310 e. The summed E-state index contributed by atoms with van der Waals surface area (Å²) in [6.45, 7) is 2.30. The van der Waals surface area contributed by atoms with E-state index in [2.05, 4.69) is 0 Å². The third-order valence-corrected chi connectivity index (χ3v) is 2.91. The topological polar surface area (TPSA) is 52.3 Å². The fourth-order valence-electron chi connectivity index (χ4n) is 2.06. The lowest BCUT2D eigenvalue weighted by molar-refractivity contribution is -0.149. The molecule has 0 aromatic carbocycles. The zero-order valence-corrected chi connectivity index (χ0v) is 9.00. The van der Waals surface area contributed by atoms with Crippen molar-refractivity contribution < 1.29 is 9.53 Å². The van der Waals surface area contributed by atoms with Gasteiger partial charge in [-0.1, -0.05) is 25.7 Å². The molecule has 0 amide bonds. The third kappa shape index (κ3) is 3.29. The maximum Gasteiger partial charge on any atom is 0.310 e. The van der Waals surface area contributed by atoms with Gasteiger partial charge >= 0.3 is 5.97 Å². The van der Waals surface area contributed by atoms with Gasteiger partial charge in [-0.2, -0.15) is 0 Å². The van der Waals surface area contributed by atoms with Crippen molar-refractivity contribution in [1.82, 2.24) is 0 Å². The summed E-state index contributed by atoms with van der Waals surface area (Å²) in [6, 6.07) is 0.00866. The van der Waals surface area contributed by atoms with E-state index in [-0.39, 0.29) is 17.9 Å². The first-order valence-electron chi connectivity index (χ1n) is 5.68. The Morgan fingerprint density at radius 3 is 2.57 bits per heavy atom. The molecule has 0 aromatic rings. The maximum atomic E-state index is 11.6. The van der Waals surface area contributed by atoms with Crippen molar-refractivity contribution in [1.29, 1.82) is 0 Å². The summed E-state index contributed by atoms with van der Waals surface area (Å²) in [5, 5.41) is 0. The number of carbonyl (C=O) groups excluding carboxylic acids is 1. The molecule has 1 saturated carbocycles. The maximum absolute atomic E-state index is 11.6. The highest BCUT2D eigenvalue weighted by atomic mass is 16.5. The van der Waals surface area contributed by atoms with Gasteiger partial charge in [0.15, 0.2) is 0 Å². The predicted molar refractivity (Wildman–Crippen MR) is 55.8 cm³/mol. The summed E-state index contributed by atoms with van der Waals surface area (Å²) in [4.78, 5) is 11.6. The fraction of sp³-hybridized carbons (Fsp3) is 0.909. The Hall–Kier alpha value is -0.570. The molecule has 0 unspecified atom stereocenters. The van der Waals surface area contributed by atoms with Gasteiger partial charge in [0.25, 0.3) is 0 Å². The van der Waals surface area contributed by atoms with Crippen LogP contribution in [0.5, 0.6) is 0 Å². The number of rotatable bonds is 2. The highest BCUT2D eigenvalue weighted by molar-refractivity contribution is 5.73. The van der Waals surface area contributed by atoms with Crippen molar-refractivity contribution in [2.75, 3.05) is 6.61 Å². The second-order valence-corrected chi connectivity index (χ2v) is 4.01. The lowest BCUT2D eigenvalue weighted by atomic mass is 9.87. The summed E-state index contributed by atoms with van der Waals surface area (Å²) in [6.07, 6.45) is 6.60. The van der Waals surface area contributed by atoms with E-state index in [1.165, 1.54) is 12.8 Å². The minimum absolute atomic E-state index is 0.00866. The molecule has 0 bridgehead atoms. The molecule has 0 saturated heterocycles. The number of hydrogen-bond donors (Lipinski definition) is 1. The standard InChI is InChI=1S/C11H21NO2/c1-2-14-11(13)9-7-5-3-4-6-8-10(9)12/h9-10H,2-8,12H2,1H3/t9-,10-/m1/s1. The van der Waals surface area contributed by atoms with E-state index in [0.29, 0.717) is 6.61 Å². The molecule has 2 atom stereocenters. The number of carbonyl (C=O) groups is 1. The molecule has 0 heterocycles. The Morgan fingerprint density at radius 1 is 1.29 bits per heavy atom. The molecule has 1 aliphatic rings. The molecule has 0 aliphatic heterocycles. The van der Waals surface area contributed by atoms with Crippen LogP contribution in [0, 0.1) is 5.92 Å². The van der Waals surface area contributed by atoms with Crippen molar-refractivity contribution in [2.24, 2.45) is 11.7 Å². The molecular weight excluding hydrogens is 178 g/mol. The van der Waals surface area contributed by atoms with Crippen LogP contribution < -0.4 is 5.73 Å². The van der Waals surface area contributed by atoms with E-state index in [4.69, 9.17) is 10.5 Å². The van der Waals surface area contributed by atoms with E-state index >= 15 is 0 Å². The van der Waals surface area contributed by atoms with E-state index in [1.807, 2.05) is 6.92 Å². The predicted octanol–water partition coefficient (Wildman–Crippen LogP) is 1.85. The minimum atomic E-state index is -0.0955. The number of ether oxygens (including phenoxy) is 1. The van der Waals surface area contributed by atoms with E-state index < -0.39 is 0 Å². The van der Waals surface area contributed by atoms with Crippen LogP contribution in [0.4, 0.5) is 0 Å². The van der Waals surface area contributed by atoms with Gasteiger partial charge in [-0.05, 0) is 19.8 Å². The van der Waals surface area contributed by atoms with Gasteiger partial charge in [0.1, 0.15) is 0 Å². The Kier molecular flexibility index (Phi) is 4.94. The van der Waals surface area contributed by atoms with Gasteiger partial charge in [-0.3, -0.25) is 4.79 Å². The van der Waals surface area contributed by atoms with Gasteiger partial charge in [-0.25, -0.2) is 0 Å². The van der Waals surface area contributed by atoms with Crippen LogP contribution in [0.15, 0.2) is 0 Å². The van der Waals surface area contributed by atoms with E-state index in [0.717, 1.165) is 25.7 Å². The number of nitrogens with two attached hydrogens (primary N) is 1. The van der Waals surface area contributed by atoms with Crippen LogP contribution in [0.3, 0.4) is 0 Å². The lowest BCUT2D eigenvalue weighted by Crippen LogP contribution is -2.37. The molecule has 2 N–H and O–H groups in total. The van der Waals surface area contributed by atoms with Gasteiger partial charge in [0, 0.05) is 6.04 Å². The largest absolute Gasteiger partial charge is 0.466 e. The molecule has 14 heavy (non-hydrogen) atoms. The molecule has 0 spiro atoms. The molecule has 0 aromatic heterocycles. The van der Waals surface area contributed by atoms with Crippen molar-refractivity contribution in [3.8, 4) is 0 Å². The average molecular weight is 199 g/mol.